The third-order valence-electron chi connectivity index (χ3n) is 5.78. The Bertz CT molecular complexity index is 991. The molecule has 0 spiro atoms. The van der Waals surface area contributed by atoms with E-state index in [9.17, 15) is 14.0 Å². The first kappa shape index (κ1) is 23.0. The number of halogens is 1. The lowest BCUT2D eigenvalue weighted by Crippen LogP contribution is -2.46. The van der Waals surface area contributed by atoms with E-state index in [0.29, 0.717) is 37.6 Å². The van der Waals surface area contributed by atoms with Crippen molar-refractivity contribution in [3.05, 3.63) is 47.7 Å². The van der Waals surface area contributed by atoms with E-state index >= 15 is 0 Å². The summed E-state index contributed by atoms with van der Waals surface area (Å²) in [7, 11) is 0. The van der Waals surface area contributed by atoms with Crippen LogP contribution in [0.1, 0.15) is 18.4 Å². The minimum Gasteiger partial charge on any atom is -0.463 e. The second kappa shape index (κ2) is 10.2. The second-order valence-electron chi connectivity index (χ2n) is 8.20. The summed E-state index contributed by atoms with van der Waals surface area (Å²) < 4.78 is 26.0. The van der Waals surface area contributed by atoms with Crippen LogP contribution < -0.4 is 26.4 Å². The van der Waals surface area contributed by atoms with Gasteiger partial charge in [0.05, 0.1) is 37.6 Å². The molecule has 4 N–H and O–H groups in total. The smallest absolute Gasteiger partial charge is 0.414 e. The molecule has 2 aliphatic rings. The van der Waals surface area contributed by atoms with Gasteiger partial charge in [0.15, 0.2) is 0 Å². The van der Waals surface area contributed by atoms with E-state index in [1.807, 2.05) is 17.0 Å². The molecule has 0 unspecified atom stereocenters. The van der Waals surface area contributed by atoms with Crippen LogP contribution in [0, 0.1) is 5.82 Å². The zero-order valence-corrected chi connectivity index (χ0v) is 18.6. The van der Waals surface area contributed by atoms with Gasteiger partial charge in [0.1, 0.15) is 23.4 Å². The fourth-order valence-corrected chi connectivity index (χ4v) is 4.09. The number of ether oxygens (including phenoxy) is 1. The molecule has 0 bridgehead atoms. The third-order valence-corrected chi connectivity index (χ3v) is 5.78. The summed E-state index contributed by atoms with van der Waals surface area (Å²) in [5, 5.41) is 2.63. The lowest BCUT2D eigenvalue weighted by atomic mass is 10.2. The first-order chi connectivity index (χ1) is 15.9. The van der Waals surface area contributed by atoms with Crippen LogP contribution in [0.3, 0.4) is 0 Å². The third kappa shape index (κ3) is 5.62. The second-order valence-corrected chi connectivity index (χ2v) is 8.20. The Morgan fingerprint density at radius 3 is 2.64 bits per heavy atom. The van der Waals surface area contributed by atoms with Crippen molar-refractivity contribution >= 4 is 23.4 Å². The van der Waals surface area contributed by atoms with E-state index in [2.05, 4.69) is 15.6 Å². The fraction of sp³-hybridized carbons (Fsp3) is 0.455. The molecule has 0 aliphatic carbocycles. The Morgan fingerprint density at radius 1 is 1.18 bits per heavy atom. The lowest BCUT2D eigenvalue weighted by molar-refractivity contribution is -0.119. The number of amides is 2. The molecule has 1 aromatic carbocycles. The molecule has 2 fully saturated rings. The molecule has 1 atom stereocenters. The van der Waals surface area contributed by atoms with Gasteiger partial charge in [0, 0.05) is 33.1 Å². The van der Waals surface area contributed by atoms with E-state index < -0.39 is 12.2 Å². The van der Waals surface area contributed by atoms with Crippen molar-refractivity contribution in [2.75, 3.05) is 49.1 Å². The van der Waals surface area contributed by atoms with Crippen molar-refractivity contribution in [2.24, 2.45) is 5.84 Å². The highest BCUT2D eigenvalue weighted by atomic mass is 19.1. The molecule has 2 aromatic rings. The molecule has 3 heterocycles. The normalized spacial score (nSPS) is 19.1. The van der Waals surface area contributed by atoms with E-state index in [-0.39, 0.29) is 24.8 Å². The highest BCUT2D eigenvalue weighted by Gasteiger charge is 2.33. The van der Waals surface area contributed by atoms with Crippen LogP contribution in [0.15, 0.2) is 34.7 Å². The molecule has 0 saturated carbocycles. The Hall–Kier alpha value is -3.15. The SMILES string of the molecule is CC(=O)NC[C@H]1CN(c2ccc(N3CCN(Cc4ccc(CNN)o4)CC3)c(F)c2)C(=O)O1. The molecule has 10 nitrogen and oxygen atoms in total. The van der Waals surface area contributed by atoms with Gasteiger partial charge in [-0.15, -0.1) is 0 Å². The number of hydrogen-bond acceptors (Lipinski definition) is 8. The van der Waals surface area contributed by atoms with Crippen molar-refractivity contribution in [3.8, 4) is 0 Å². The maximum Gasteiger partial charge on any atom is 0.414 e. The Balaban J connectivity index is 1.32. The fourth-order valence-electron chi connectivity index (χ4n) is 4.09. The highest BCUT2D eigenvalue weighted by molar-refractivity contribution is 5.90. The quantitative estimate of drug-likeness (QED) is 0.397. The lowest BCUT2D eigenvalue weighted by Gasteiger charge is -2.36. The maximum absolute atomic E-state index is 15.0. The zero-order chi connectivity index (χ0) is 23.4. The van der Waals surface area contributed by atoms with Gasteiger partial charge in [-0.05, 0) is 30.3 Å². The number of hydrogen-bond donors (Lipinski definition) is 3. The van der Waals surface area contributed by atoms with E-state index in [0.717, 1.165) is 24.6 Å². The Morgan fingerprint density at radius 2 is 1.94 bits per heavy atom. The van der Waals surface area contributed by atoms with Crippen LogP contribution in [0.2, 0.25) is 0 Å². The number of cyclic esters (lactones) is 1. The minimum absolute atomic E-state index is 0.196. The number of nitrogens with zero attached hydrogens (tertiary/aromatic N) is 3. The van der Waals surface area contributed by atoms with Gasteiger partial charge in [0.25, 0.3) is 0 Å². The Labute approximate surface area is 191 Å². The number of hydrazine groups is 1. The maximum atomic E-state index is 15.0. The Kier molecular flexibility index (Phi) is 7.11. The predicted molar refractivity (Wildman–Crippen MR) is 120 cm³/mol. The van der Waals surface area contributed by atoms with E-state index in [4.69, 9.17) is 15.0 Å². The summed E-state index contributed by atoms with van der Waals surface area (Å²) in [5.41, 5.74) is 3.52. The van der Waals surface area contributed by atoms with Crippen molar-refractivity contribution in [2.45, 2.75) is 26.1 Å². The number of anilines is 2. The summed E-state index contributed by atoms with van der Waals surface area (Å²) in [6, 6.07) is 8.64. The first-order valence-electron chi connectivity index (χ1n) is 10.9. The van der Waals surface area contributed by atoms with Gasteiger partial charge >= 0.3 is 6.09 Å². The van der Waals surface area contributed by atoms with Gasteiger partial charge in [-0.1, -0.05) is 0 Å². The number of rotatable bonds is 8. The van der Waals surface area contributed by atoms with Crippen LogP contribution >= 0.6 is 0 Å². The van der Waals surface area contributed by atoms with Crippen molar-refractivity contribution < 1.29 is 23.1 Å². The molecule has 0 radical (unpaired) electrons. The molecule has 178 valence electrons. The molecule has 1 aromatic heterocycles. The number of carbonyl (C=O) groups excluding carboxylic acids is 2. The largest absolute Gasteiger partial charge is 0.463 e. The van der Waals surface area contributed by atoms with Crippen LogP contribution in [-0.2, 0) is 22.6 Å². The van der Waals surface area contributed by atoms with Crippen molar-refractivity contribution in [1.82, 2.24) is 15.6 Å². The number of nitrogens with two attached hydrogens (primary N) is 1. The standard InChI is InChI=1S/C22H29FN6O4/c1-15(30)25-11-19-14-29(22(31)33-19)16-2-5-21(20(23)10-16)28-8-6-27(7-9-28)13-18-4-3-17(32-18)12-26-24/h2-5,10,19,26H,6-9,11-14,24H2,1H3,(H,25,30)/t19-/m0/s1. The molecule has 2 amide bonds. The molecule has 11 heteroatoms. The summed E-state index contributed by atoms with van der Waals surface area (Å²) in [4.78, 5) is 28.9. The molecule has 33 heavy (non-hydrogen) atoms. The topological polar surface area (TPSA) is 116 Å². The van der Waals surface area contributed by atoms with Gasteiger partial charge in [-0.25, -0.2) is 9.18 Å². The number of piperazine rings is 1. The zero-order valence-electron chi connectivity index (χ0n) is 18.6. The van der Waals surface area contributed by atoms with Gasteiger partial charge in [0.2, 0.25) is 5.91 Å². The van der Waals surface area contributed by atoms with E-state index in [1.165, 1.54) is 17.9 Å². The van der Waals surface area contributed by atoms with Crippen molar-refractivity contribution in [1.29, 1.82) is 0 Å². The molecular formula is C22H29FN6O4. The van der Waals surface area contributed by atoms with Crippen LogP contribution in [0.5, 0.6) is 0 Å². The van der Waals surface area contributed by atoms with E-state index in [1.54, 1.807) is 12.1 Å². The number of carbonyl (C=O) groups is 2. The summed E-state index contributed by atoms with van der Waals surface area (Å²) in [6.07, 6.45) is -1.01. The number of benzene rings is 1. The molecular weight excluding hydrogens is 431 g/mol. The van der Waals surface area contributed by atoms with Crippen molar-refractivity contribution in [3.63, 3.8) is 0 Å². The minimum atomic E-state index is -0.547. The summed E-state index contributed by atoms with van der Waals surface area (Å²) in [6.45, 7) is 5.96. The van der Waals surface area contributed by atoms with Gasteiger partial charge in [-0.3, -0.25) is 25.9 Å². The highest BCUT2D eigenvalue weighted by Crippen LogP contribution is 2.28. The van der Waals surface area contributed by atoms with Crippen LogP contribution in [-0.4, -0.2) is 62.3 Å². The monoisotopic (exact) mass is 460 g/mol. The average Bonchev–Trinajstić information content (AvgIpc) is 3.39. The molecule has 4 rings (SSSR count). The van der Waals surface area contributed by atoms with Gasteiger partial charge in [-0.2, -0.15) is 0 Å². The summed E-state index contributed by atoms with van der Waals surface area (Å²) >= 11 is 0. The predicted octanol–water partition coefficient (Wildman–Crippen LogP) is 1.17. The molecule has 2 aliphatic heterocycles. The van der Waals surface area contributed by atoms with Crippen LogP contribution in [0.4, 0.5) is 20.6 Å². The van der Waals surface area contributed by atoms with Crippen LogP contribution in [0.25, 0.3) is 0 Å². The number of nitrogens with one attached hydrogen (secondary N) is 2. The average molecular weight is 461 g/mol. The first-order valence-corrected chi connectivity index (χ1v) is 10.9. The van der Waals surface area contributed by atoms with Gasteiger partial charge < -0.3 is 19.4 Å². The number of furan rings is 1. The summed E-state index contributed by atoms with van der Waals surface area (Å²) in [5.74, 6) is 6.40. The molecule has 2 saturated heterocycles.